The first-order valence-electron chi connectivity index (χ1n) is 10.4. The van der Waals surface area contributed by atoms with Crippen LogP contribution in [0.4, 0.5) is 5.95 Å². The van der Waals surface area contributed by atoms with E-state index in [1.807, 2.05) is 0 Å². The summed E-state index contributed by atoms with van der Waals surface area (Å²) in [5.41, 5.74) is 3.92. The Labute approximate surface area is 169 Å². The summed E-state index contributed by atoms with van der Waals surface area (Å²) in [6.07, 6.45) is 6.12. The van der Waals surface area contributed by atoms with E-state index in [1.165, 1.54) is 12.0 Å². The van der Waals surface area contributed by atoms with Gasteiger partial charge in [-0.2, -0.15) is 4.98 Å². The second-order valence-corrected chi connectivity index (χ2v) is 8.23. The van der Waals surface area contributed by atoms with E-state index in [9.17, 15) is 9.59 Å². The number of benzene rings is 1. The lowest BCUT2D eigenvalue weighted by atomic mass is 9.79. The average molecular weight is 388 g/mol. The Kier molecular flexibility index (Phi) is 4.42. The summed E-state index contributed by atoms with van der Waals surface area (Å²) in [4.78, 5) is 40.0. The van der Waals surface area contributed by atoms with Crippen molar-refractivity contribution in [2.45, 2.75) is 44.9 Å². The quantitative estimate of drug-likeness (QED) is 0.727. The number of ketones is 1. The Bertz CT molecular complexity index is 1140. The first kappa shape index (κ1) is 18.0. The molecule has 0 amide bonds. The molecule has 1 aromatic carbocycles. The summed E-state index contributed by atoms with van der Waals surface area (Å²) >= 11 is 0. The number of aromatic nitrogens is 3. The molecule has 1 aliphatic heterocycles. The molecule has 29 heavy (non-hydrogen) atoms. The summed E-state index contributed by atoms with van der Waals surface area (Å²) < 4.78 is 0. The highest BCUT2D eigenvalue weighted by atomic mass is 16.1. The maximum Gasteiger partial charge on any atom is 0.262 e. The van der Waals surface area contributed by atoms with Gasteiger partial charge in [-0.05, 0) is 49.7 Å². The van der Waals surface area contributed by atoms with Crippen molar-refractivity contribution in [1.29, 1.82) is 0 Å². The number of hydrogen-bond acceptors (Lipinski definition) is 5. The maximum atomic E-state index is 13.0. The molecule has 0 radical (unpaired) electrons. The number of nitrogens with one attached hydrogen (secondary N) is 1. The number of piperidine rings is 1. The third-order valence-corrected chi connectivity index (χ3v) is 6.22. The predicted octanol–water partition coefficient (Wildman–Crippen LogP) is 3.53. The van der Waals surface area contributed by atoms with Crippen molar-refractivity contribution in [3.63, 3.8) is 0 Å². The molecule has 3 heterocycles. The number of hydrogen-bond donors (Lipinski definition) is 1. The first-order chi connectivity index (χ1) is 14.1. The number of carbonyl (C=O) groups is 1. The molecule has 1 fully saturated rings. The number of aryl methyl sites for hydroxylation is 1. The van der Waals surface area contributed by atoms with Crippen molar-refractivity contribution in [3.05, 3.63) is 63.1 Å². The molecule has 3 aromatic rings. The molecule has 1 N–H and O–H groups in total. The van der Waals surface area contributed by atoms with Gasteiger partial charge >= 0.3 is 0 Å². The molecule has 0 spiro atoms. The van der Waals surface area contributed by atoms with Gasteiger partial charge in [0, 0.05) is 31.3 Å². The van der Waals surface area contributed by atoms with Crippen LogP contribution in [0, 0.1) is 6.92 Å². The third kappa shape index (κ3) is 3.22. The van der Waals surface area contributed by atoms with Crippen LogP contribution >= 0.6 is 0 Å². The highest BCUT2D eigenvalue weighted by Gasteiger charge is 2.29. The van der Waals surface area contributed by atoms with Crippen molar-refractivity contribution >= 4 is 22.8 Å². The molecule has 2 aromatic heterocycles. The second kappa shape index (κ2) is 7.10. The molecule has 1 unspecified atom stereocenters. The topological polar surface area (TPSA) is 79.0 Å². The van der Waals surface area contributed by atoms with Crippen LogP contribution in [0.3, 0.4) is 0 Å². The number of fused-ring (bicyclic) bond motifs is 3. The predicted molar refractivity (Wildman–Crippen MR) is 113 cm³/mol. The Hall–Kier alpha value is -3.02. The van der Waals surface area contributed by atoms with E-state index in [0.29, 0.717) is 35.4 Å². The van der Waals surface area contributed by atoms with Crippen LogP contribution in [0.1, 0.15) is 58.6 Å². The molecule has 6 heteroatoms. The Balaban J connectivity index is 1.59. The van der Waals surface area contributed by atoms with Gasteiger partial charge in [-0.1, -0.05) is 29.8 Å². The molecular formula is C23H24N4O2. The zero-order valence-electron chi connectivity index (χ0n) is 16.6. The molecule has 1 atom stereocenters. The molecule has 0 saturated carbocycles. The summed E-state index contributed by atoms with van der Waals surface area (Å²) in [6.45, 7) is 3.84. The van der Waals surface area contributed by atoms with Gasteiger partial charge in [0.1, 0.15) is 0 Å². The third-order valence-electron chi connectivity index (χ3n) is 6.22. The number of pyridine rings is 1. The normalized spacial score (nSPS) is 19.4. The van der Waals surface area contributed by atoms with E-state index < -0.39 is 0 Å². The van der Waals surface area contributed by atoms with Gasteiger partial charge in [-0.25, -0.2) is 4.98 Å². The molecule has 0 bridgehead atoms. The smallest absolute Gasteiger partial charge is 0.262 e. The zero-order chi connectivity index (χ0) is 20.0. The van der Waals surface area contributed by atoms with E-state index >= 15 is 0 Å². The standard InChI is InChI=1S/C23H24N4O2/c1-14-5-7-15(8-6-14)16-11-17-18(19(28)12-16)13-24-21-20(17)22(29)26-23(25-21)27-9-3-2-4-10-27/h5-8,13,16H,2-4,9-12H2,1H3,(H,24,25,26,29). The van der Waals surface area contributed by atoms with Gasteiger partial charge in [0.2, 0.25) is 5.95 Å². The second-order valence-electron chi connectivity index (χ2n) is 8.23. The van der Waals surface area contributed by atoms with Gasteiger partial charge in [0.05, 0.1) is 5.39 Å². The van der Waals surface area contributed by atoms with Gasteiger partial charge in [-0.3, -0.25) is 14.6 Å². The Morgan fingerprint density at radius 2 is 1.79 bits per heavy atom. The lowest BCUT2D eigenvalue weighted by molar-refractivity contribution is 0.0964. The highest BCUT2D eigenvalue weighted by molar-refractivity contribution is 6.02. The highest BCUT2D eigenvalue weighted by Crippen LogP contribution is 2.35. The summed E-state index contributed by atoms with van der Waals surface area (Å²) in [5, 5.41) is 0.466. The number of aromatic amines is 1. The Morgan fingerprint density at radius 1 is 1.03 bits per heavy atom. The number of Topliss-reactive ketones (excluding diaryl/α,β-unsaturated/α-hetero) is 1. The minimum absolute atomic E-state index is 0.0470. The van der Waals surface area contributed by atoms with Crippen LogP contribution in [-0.2, 0) is 6.42 Å². The van der Waals surface area contributed by atoms with Crippen LogP contribution in [0.5, 0.6) is 0 Å². The lowest BCUT2D eigenvalue weighted by Gasteiger charge is -2.28. The van der Waals surface area contributed by atoms with Crippen molar-refractivity contribution in [2.24, 2.45) is 0 Å². The lowest BCUT2D eigenvalue weighted by Crippen LogP contribution is -2.33. The minimum Gasteiger partial charge on any atom is -0.342 e. The first-order valence-corrected chi connectivity index (χ1v) is 10.4. The van der Waals surface area contributed by atoms with E-state index in [4.69, 9.17) is 0 Å². The maximum absolute atomic E-state index is 13.0. The van der Waals surface area contributed by atoms with E-state index in [2.05, 4.69) is 51.0 Å². The SMILES string of the molecule is Cc1ccc(C2CC(=O)c3cnc4nc(N5CCCCC5)[nH]c(=O)c4c3C2)cc1. The monoisotopic (exact) mass is 388 g/mol. The number of carbonyl (C=O) groups excluding carboxylic acids is 1. The van der Waals surface area contributed by atoms with Crippen molar-refractivity contribution in [1.82, 2.24) is 15.0 Å². The van der Waals surface area contributed by atoms with Crippen LogP contribution in [-0.4, -0.2) is 33.8 Å². The molecule has 1 aliphatic carbocycles. The number of nitrogens with zero attached hydrogens (tertiary/aromatic N) is 3. The van der Waals surface area contributed by atoms with Crippen LogP contribution in [0.2, 0.25) is 0 Å². The molecule has 2 aliphatic rings. The fourth-order valence-corrected chi connectivity index (χ4v) is 4.59. The number of H-pyrrole nitrogens is 1. The Morgan fingerprint density at radius 3 is 2.55 bits per heavy atom. The van der Waals surface area contributed by atoms with Gasteiger partial charge in [-0.15, -0.1) is 0 Å². The van der Waals surface area contributed by atoms with E-state index in [-0.39, 0.29) is 17.3 Å². The zero-order valence-corrected chi connectivity index (χ0v) is 16.6. The van der Waals surface area contributed by atoms with Gasteiger partial charge < -0.3 is 4.90 Å². The number of anilines is 1. The van der Waals surface area contributed by atoms with Crippen molar-refractivity contribution < 1.29 is 4.79 Å². The van der Waals surface area contributed by atoms with E-state index in [1.54, 1.807) is 6.20 Å². The molecule has 5 rings (SSSR count). The van der Waals surface area contributed by atoms with Crippen LogP contribution < -0.4 is 10.5 Å². The fourth-order valence-electron chi connectivity index (χ4n) is 4.59. The largest absolute Gasteiger partial charge is 0.342 e. The van der Waals surface area contributed by atoms with Crippen LogP contribution in [0.25, 0.3) is 11.0 Å². The van der Waals surface area contributed by atoms with Crippen LogP contribution in [0.15, 0.2) is 35.3 Å². The van der Waals surface area contributed by atoms with Gasteiger partial charge in [0.25, 0.3) is 5.56 Å². The molecule has 1 saturated heterocycles. The van der Waals surface area contributed by atoms with Crippen molar-refractivity contribution in [3.8, 4) is 0 Å². The van der Waals surface area contributed by atoms with Crippen molar-refractivity contribution in [2.75, 3.05) is 18.0 Å². The molecule has 6 nitrogen and oxygen atoms in total. The minimum atomic E-state index is -0.197. The molecular weight excluding hydrogens is 364 g/mol. The fraction of sp³-hybridized carbons (Fsp3) is 0.391. The van der Waals surface area contributed by atoms with E-state index in [0.717, 1.165) is 37.1 Å². The number of rotatable bonds is 2. The summed E-state index contributed by atoms with van der Waals surface area (Å²) in [7, 11) is 0. The summed E-state index contributed by atoms with van der Waals surface area (Å²) in [5.74, 6) is 0.708. The summed E-state index contributed by atoms with van der Waals surface area (Å²) in [6, 6.07) is 8.30. The van der Waals surface area contributed by atoms with Gasteiger partial charge in [0.15, 0.2) is 11.4 Å². The molecule has 148 valence electrons. The average Bonchev–Trinajstić information content (AvgIpc) is 2.74.